The Morgan fingerprint density at radius 1 is 1.40 bits per heavy atom. The summed E-state index contributed by atoms with van der Waals surface area (Å²) in [5.41, 5.74) is 0. The Balaban J connectivity index is 1.87. The Hall–Kier alpha value is -0.210. The summed E-state index contributed by atoms with van der Waals surface area (Å²) in [4.78, 5) is 2.26. The van der Waals surface area contributed by atoms with Crippen LogP contribution in [-0.4, -0.2) is 69.2 Å². The molecule has 20 heavy (non-hydrogen) atoms. The van der Waals surface area contributed by atoms with Gasteiger partial charge < -0.3 is 9.84 Å². The van der Waals surface area contributed by atoms with Gasteiger partial charge in [0.1, 0.15) is 0 Å². The molecule has 0 bridgehead atoms. The zero-order valence-electron chi connectivity index (χ0n) is 12.1. The monoisotopic (exact) mass is 306 g/mol. The van der Waals surface area contributed by atoms with Gasteiger partial charge in [-0.1, -0.05) is 6.42 Å². The summed E-state index contributed by atoms with van der Waals surface area (Å²) in [5, 5.41) is 10.1. The fourth-order valence-corrected chi connectivity index (χ4v) is 3.80. The number of sulfonamides is 1. The summed E-state index contributed by atoms with van der Waals surface area (Å²) in [6, 6.07) is 0.215. The molecule has 1 aliphatic heterocycles. The molecule has 0 aromatic carbocycles. The lowest BCUT2D eigenvalue weighted by atomic mass is 9.94. The van der Waals surface area contributed by atoms with E-state index >= 15 is 0 Å². The van der Waals surface area contributed by atoms with Crippen molar-refractivity contribution >= 4 is 10.0 Å². The van der Waals surface area contributed by atoms with Gasteiger partial charge in [0.15, 0.2) is 0 Å². The summed E-state index contributed by atoms with van der Waals surface area (Å²) in [6.45, 7) is 4.87. The van der Waals surface area contributed by atoms with Gasteiger partial charge in [-0.2, -0.15) is 0 Å². The van der Waals surface area contributed by atoms with Crippen molar-refractivity contribution in [1.29, 1.82) is 0 Å². The molecule has 1 aliphatic carbocycles. The molecule has 6 nitrogen and oxygen atoms in total. The van der Waals surface area contributed by atoms with Gasteiger partial charge >= 0.3 is 0 Å². The second-order valence-electron chi connectivity index (χ2n) is 5.64. The summed E-state index contributed by atoms with van der Waals surface area (Å²) < 4.78 is 31.0. The van der Waals surface area contributed by atoms with Crippen molar-refractivity contribution in [2.75, 3.05) is 38.6 Å². The van der Waals surface area contributed by atoms with Gasteiger partial charge in [0, 0.05) is 31.6 Å². The number of hydrogen-bond acceptors (Lipinski definition) is 5. The molecule has 2 fully saturated rings. The first-order valence-corrected chi connectivity index (χ1v) is 9.16. The van der Waals surface area contributed by atoms with Gasteiger partial charge in [0.2, 0.25) is 10.0 Å². The highest BCUT2D eigenvalue weighted by atomic mass is 32.2. The first-order chi connectivity index (χ1) is 9.53. The molecule has 1 saturated heterocycles. The lowest BCUT2D eigenvalue weighted by Gasteiger charge is -2.40. The number of hydrogen-bond donors (Lipinski definition) is 2. The van der Waals surface area contributed by atoms with Crippen LogP contribution in [0.4, 0.5) is 0 Å². The van der Waals surface area contributed by atoms with Crippen LogP contribution in [0.25, 0.3) is 0 Å². The highest BCUT2D eigenvalue weighted by Gasteiger charge is 2.37. The highest BCUT2D eigenvalue weighted by molar-refractivity contribution is 7.89. The van der Waals surface area contributed by atoms with E-state index in [9.17, 15) is 13.5 Å². The summed E-state index contributed by atoms with van der Waals surface area (Å²) in [5.74, 6) is 0.374. The molecule has 2 rings (SSSR count). The number of aliphatic hydroxyl groups excluding tert-OH is 1. The van der Waals surface area contributed by atoms with E-state index in [1.54, 1.807) is 6.92 Å². The van der Waals surface area contributed by atoms with Crippen molar-refractivity contribution < 1.29 is 18.3 Å². The van der Waals surface area contributed by atoms with Crippen LogP contribution in [0.1, 0.15) is 26.2 Å². The predicted molar refractivity (Wildman–Crippen MR) is 77.0 cm³/mol. The molecular formula is C13H26N2O4S. The van der Waals surface area contributed by atoms with Crippen LogP contribution >= 0.6 is 0 Å². The zero-order chi connectivity index (χ0) is 14.6. The molecule has 1 heterocycles. The summed E-state index contributed by atoms with van der Waals surface area (Å²) >= 11 is 0. The van der Waals surface area contributed by atoms with Crippen molar-refractivity contribution in [3.8, 4) is 0 Å². The van der Waals surface area contributed by atoms with Gasteiger partial charge in [-0.15, -0.1) is 0 Å². The first kappa shape index (κ1) is 16.2. The van der Waals surface area contributed by atoms with Crippen molar-refractivity contribution in [3.05, 3.63) is 0 Å². The van der Waals surface area contributed by atoms with Crippen LogP contribution in [0.15, 0.2) is 0 Å². The Morgan fingerprint density at radius 2 is 2.20 bits per heavy atom. The number of nitrogens with one attached hydrogen (secondary N) is 1. The Bertz CT molecular complexity index is 401. The third kappa shape index (κ3) is 4.14. The van der Waals surface area contributed by atoms with Gasteiger partial charge in [-0.3, -0.25) is 4.90 Å². The molecular weight excluding hydrogens is 280 g/mol. The minimum absolute atomic E-state index is 0.112. The maximum Gasteiger partial charge on any atom is 0.211 e. The van der Waals surface area contributed by atoms with E-state index in [1.807, 2.05) is 0 Å². The van der Waals surface area contributed by atoms with E-state index in [0.29, 0.717) is 26.3 Å². The number of rotatable bonds is 6. The smallest absolute Gasteiger partial charge is 0.211 e. The number of morpholine rings is 1. The maximum absolute atomic E-state index is 11.4. The number of ether oxygens (including phenoxy) is 1. The van der Waals surface area contributed by atoms with Gasteiger partial charge in [-0.25, -0.2) is 13.1 Å². The van der Waals surface area contributed by atoms with Crippen molar-refractivity contribution in [2.45, 2.75) is 38.3 Å². The van der Waals surface area contributed by atoms with Gasteiger partial charge in [0.25, 0.3) is 0 Å². The van der Waals surface area contributed by atoms with Crippen molar-refractivity contribution in [3.63, 3.8) is 0 Å². The molecule has 0 amide bonds. The quantitative estimate of drug-likeness (QED) is 0.710. The maximum atomic E-state index is 11.4. The standard InChI is InChI=1S/C13H26N2O4S/c1-2-20(17,18)14-6-7-15-8-9-19-10-12(15)11-4-3-5-13(11)16/h11-14,16H,2-10H2,1H3/t11-,12+,13+/m0/s1. The normalized spacial score (nSPS) is 32.6. The first-order valence-electron chi connectivity index (χ1n) is 7.50. The van der Waals surface area contributed by atoms with E-state index in [2.05, 4.69) is 9.62 Å². The molecule has 3 atom stereocenters. The van der Waals surface area contributed by atoms with Crippen LogP contribution in [0, 0.1) is 5.92 Å². The third-order valence-electron chi connectivity index (χ3n) is 4.41. The molecule has 0 spiro atoms. The van der Waals surface area contributed by atoms with Crippen molar-refractivity contribution in [1.82, 2.24) is 9.62 Å². The Labute approximate surface area is 121 Å². The molecule has 0 radical (unpaired) electrons. The van der Waals surface area contributed by atoms with Crippen LogP contribution in [-0.2, 0) is 14.8 Å². The van der Waals surface area contributed by atoms with Crippen LogP contribution in [0.2, 0.25) is 0 Å². The lowest BCUT2D eigenvalue weighted by molar-refractivity contribution is -0.0488. The minimum atomic E-state index is -3.12. The number of nitrogens with zero attached hydrogens (tertiary/aromatic N) is 1. The fraction of sp³-hybridized carbons (Fsp3) is 1.00. The summed E-state index contributed by atoms with van der Waals surface area (Å²) in [6.07, 6.45) is 2.74. The predicted octanol–water partition coefficient (Wildman–Crippen LogP) is -0.212. The molecule has 118 valence electrons. The molecule has 0 aromatic heterocycles. The topological polar surface area (TPSA) is 78.9 Å². The van der Waals surface area contributed by atoms with E-state index in [0.717, 1.165) is 25.8 Å². The second kappa shape index (κ2) is 7.17. The zero-order valence-corrected chi connectivity index (χ0v) is 12.9. The Morgan fingerprint density at radius 3 is 2.85 bits per heavy atom. The van der Waals surface area contributed by atoms with E-state index in [1.165, 1.54) is 0 Å². The van der Waals surface area contributed by atoms with Crippen LogP contribution in [0.5, 0.6) is 0 Å². The fourth-order valence-electron chi connectivity index (χ4n) is 3.19. The Kier molecular flexibility index (Phi) is 5.80. The average molecular weight is 306 g/mol. The van der Waals surface area contributed by atoms with Gasteiger partial charge in [0.05, 0.1) is 25.1 Å². The average Bonchev–Trinajstić information content (AvgIpc) is 2.85. The third-order valence-corrected chi connectivity index (χ3v) is 5.81. The second-order valence-corrected chi connectivity index (χ2v) is 7.73. The molecule has 2 N–H and O–H groups in total. The summed E-state index contributed by atoms with van der Waals surface area (Å²) in [7, 11) is -3.12. The van der Waals surface area contributed by atoms with Crippen LogP contribution in [0.3, 0.4) is 0 Å². The molecule has 2 aliphatic rings. The SMILES string of the molecule is CCS(=O)(=O)NCCN1CCOC[C@@H]1[C@@H]1CCC[C@H]1O. The highest BCUT2D eigenvalue weighted by Crippen LogP contribution is 2.31. The lowest BCUT2D eigenvalue weighted by Crippen LogP contribution is -2.53. The molecule has 1 saturated carbocycles. The van der Waals surface area contributed by atoms with E-state index < -0.39 is 10.0 Å². The van der Waals surface area contributed by atoms with Gasteiger partial charge in [-0.05, 0) is 19.8 Å². The van der Waals surface area contributed by atoms with Crippen LogP contribution < -0.4 is 4.72 Å². The largest absolute Gasteiger partial charge is 0.393 e. The molecule has 0 aromatic rings. The number of aliphatic hydroxyl groups is 1. The molecule has 0 unspecified atom stereocenters. The minimum Gasteiger partial charge on any atom is -0.393 e. The molecule has 7 heteroatoms. The van der Waals surface area contributed by atoms with E-state index in [-0.39, 0.29) is 23.8 Å². The van der Waals surface area contributed by atoms with Crippen molar-refractivity contribution in [2.24, 2.45) is 5.92 Å². The van der Waals surface area contributed by atoms with E-state index in [4.69, 9.17) is 4.74 Å².